The molecule has 0 aromatic carbocycles. The molecule has 3 fully saturated rings. The number of nitrogens with zero attached hydrogens (tertiary/aromatic N) is 1. The molecule has 1 saturated carbocycles. The van der Waals surface area contributed by atoms with Crippen molar-refractivity contribution in [2.24, 2.45) is 11.7 Å². The fraction of sp³-hybridized carbons (Fsp3) is 0.900. The molecule has 4 nitrogen and oxygen atoms in total. The molecule has 0 spiro atoms. The minimum atomic E-state index is -0.409. The van der Waals surface area contributed by atoms with Crippen molar-refractivity contribution in [2.45, 2.75) is 44.9 Å². The topological polar surface area (TPSA) is 55.6 Å². The van der Waals surface area contributed by atoms with E-state index >= 15 is 0 Å². The summed E-state index contributed by atoms with van der Waals surface area (Å²) in [7, 11) is 0. The Morgan fingerprint density at radius 2 is 2.14 bits per heavy atom. The molecule has 3 atom stereocenters. The third-order valence-corrected chi connectivity index (χ3v) is 2.99. The highest BCUT2D eigenvalue weighted by atomic mass is 16.6. The van der Waals surface area contributed by atoms with Crippen molar-refractivity contribution in [3.63, 3.8) is 0 Å². The number of hydrogen-bond acceptors (Lipinski definition) is 3. The maximum Gasteiger partial charge on any atom is 0.410 e. The van der Waals surface area contributed by atoms with Gasteiger partial charge in [0.1, 0.15) is 5.60 Å². The van der Waals surface area contributed by atoms with Gasteiger partial charge in [-0.25, -0.2) is 4.79 Å². The largest absolute Gasteiger partial charge is 0.444 e. The van der Waals surface area contributed by atoms with Crippen LogP contribution < -0.4 is 5.73 Å². The lowest BCUT2D eigenvalue weighted by atomic mass is 9.81. The summed E-state index contributed by atoms with van der Waals surface area (Å²) in [5, 5.41) is 0. The third-order valence-electron chi connectivity index (χ3n) is 2.99. The van der Waals surface area contributed by atoms with Gasteiger partial charge in [-0.2, -0.15) is 0 Å². The van der Waals surface area contributed by atoms with E-state index in [9.17, 15) is 4.79 Å². The van der Waals surface area contributed by atoms with Crippen LogP contribution in [0.2, 0.25) is 0 Å². The van der Waals surface area contributed by atoms with Crippen LogP contribution in [0, 0.1) is 5.92 Å². The van der Waals surface area contributed by atoms with Crippen LogP contribution in [-0.4, -0.2) is 35.2 Å². The van der Waals surface area contributed by atoms with Crippen molar-refractivity contribution >= 4 is 6.09 Å². The smallest absolute Gasteiger partial charge is 0.410 e. The van der Waals surface area contributed by atoms with E-state index in [0.717, 1.165) is 13.0 Å². The Morgan fingerprint density at radius 3 is 2.50 bits per heavy atom. The van der Waals surface area contributed by atoms with Gasteiger partial charge in [-0.15, -0.1) is 0 Å². The second kappa shape index (κ2) is 2.86. The second-order valence-electron chi connectivity index (χ2n) is 5.27. The molecule has 2 bridgehead atoms. The van der Waals surface area contributed by atoms with E-state index in [-0.39, 0.29) is 18.2 Å². The fourth-order valence-corrected chi connectivity index (χ4v) is 2.19. The lowest BCUT2D eigenvalue weighted by Crippen LogP contribution is -2.51. The molecule has 2 heterocycles. The molecule has 2 aliphatic heterocycles. The molecule has 14 heavy (non-hydrogen) atoms. The van der Waals surface area contributed by atoms with E-state index in [4.69, 9.17) is 10.5 Å². The number of fused-ring (bicyclic) bond motifs is 1. The van der Waals surface area contributed by atoms with Crippen LogP contribution in [0.1, 0.15) is 27.2 Å². The Morgan fingerprint density at radius 1 is 1.50 bits per heavy atom. The highest BCUT2D eigenvalue weighted by molar-refractivity contribution is 5.70. The third kappa shape index (κ3) is 1.47. The Bertz CT molecular complexity index is 259. The predicted octanol–water partition coefficient (Wildman–Crippen LogP) is 0.953. The Labute approximate surface area is 84.4 Å². The lowest BCUT2D eigenvalue weighted by Gasteiger charge is -2.33. The van der Waals surface area contributed by atoms with Crippen LogP contribution in [0.25, 0.3) is 0 Å². The van der Waals surface area contributed by atoms with E-state index in [0.29, 0.717) is 5.92 Å². The highest BCUT2D eigenvalue weighted by Crippen LogP contribution is 2.40. The van der Waals surface area contributed by atoms with E-state index in [2.05, 4.69) is 0 Å². The van der Waals surface area contributed by atoms with Crippen molar-refractivity contribution in [1.29, 1.82) is 0 Å². The van der Waals surface area contributed by atoms with E-state index in [1.54, 1.807) is 4.90 Å². The van der Waals surface area contributed by atoms with Crippen LogP contribution in [0.5, 0.6) is 0 Å². The van der Waals surface area contributed by atoms with Gasteiger partial charge in [-0.3, -0.25) is 0 Å². The van der Waals surface area contributed by atoms with Crippen molar-refractivity contribution in [3.8, 4) is 0 Å². The fourth-order valence-electron chi connectivity index (χ4n) is 2.19. The number of ether oxygens (including phenoxy) is 1. The minimum Gasteiger partial charge on any atom is -0.444 e. The normalized spacial score (nSPS) is 35.4. The molecule has 0 aromatic heterocycles. The lowest BCUT2D eigenvalue weighted by molar-refractivity contribution is 0.0234. The Balaban J connectivity index is 1.94. The van der Waals surface area contributed by atoms with Crippen LogP contribution >= 0.6 is 0 Å². The number of amides is 1. The van der Waals surface area contributed by atoms with E-state index < -0.39 is 5.60 Å². The monoisotopic (exact) mass is 198 g/mol. The van der Waals surface area contributed by atoms with Crippen molar-refractivity contribution in [3.05, 3.63) is 0 Å². The molecular formula is C10H18N2O2. The number of carbonyl (C=O) groups excluding carboxylic acids is 1. The van der Waals surface area contributed by atoms with Crippen LogP contribution in [-0.2, 0) is 4.74 Å². The quantitative estimate of drug-likeness (QED) is 0.630. The summed E-state index contributed by atoms with van der Waals surface area (Å²) in [5.74, 6) is 0.507. The first-order chi connectivity index (χ1) is 6.38. The molecule has 1 amide bonds. The average Bonchev–Trinajstić information content (AvgIpc) is 2.55. The molecule has 0 radical (unpaired) electrons. The summed E-state index contributed by atoms with van der Waals surface area (Å²) in [6, 6.07) is 0.414. The molecule has 4 heteroatoms. The highest BCUT2D eigenvalue weighted by Gasteiger charge is 2.52. The zero-order valence-corrected chi connectivity index (χ0v) is 8.99. The SMILES string of the molecule is CC(C)(C)OC(=O)N1C[C@H]2C[C@@H]1C2N. The molecule has 3 aliphatic rings. The first-order valence-electron chi connectivity index (χ1n) is 5.14. The zero-order chi connectivity index (χ0) is 10.5. The molecule has 0 aromatic rings. The van der Waals surface area contributed by atoms with Gasteiger partial charge in [0.05, 0.1) is 6.04 Å². The van der Waals surface area contributed by atoms with Gasteiger partial charge in [0.15, 0.2) is 0 Å². The summed E-state index contributed by atoms with van der Waals surface area (Å²) in [6.45, 7) is 6.42. The van der Waals surface area contributed by atoms with Gasteiger partial charge in [0.2, 0.25) is 0 Å². The molecule has 2 saturated heterocycles. The van der Waals surface area contributed by atoms with Crippen molar-refractivity contribution in [1.82, 2.24) is 4.90 Å². The molecule has 1 unspecified atom stereocenters. The van der Waals surface area contributed by atoms with Crippen LogP contribution in [0.3, 0.4) is 0 Å². The van der Waals surface area contributed by atoms with Gasteiger partial charge >= 0.3 is 6.09 Å². The number of rotatable bonds is 0. The minimum absolute atomic E-state index is 0.183. The summed E-state index contributed by atoms with van der Waals surface area (Å²) in [6.07, 6.45) is 0.846. The first-order valence-corrected chi connectivity index (χ1v) is 5.14. The maximum absolute atomic E-state index is 11.7. The summed E-state index contributed by atoms with van der Waals surface area (Å²) in [5.41, 5.74) is 5.46. The summed E-state index contributed by atoms with van der Waals surface area (Å²) < 4.78 is 5.30. The van der Waals surface area contributed by atoms with Crippen LogP contribution in [0.4, 0.5) is 4.79 Å². The first kappa shape index (κ1) is 9.77. The van der Waals surface area contributed by atoms with Crippen molar-refractivity contribution in [2.75, 3.05) is 6.54 Å². The van der Waals surface area contributed by atoms with Gasteiger partial charge in [-0.1, -0.05) is 0 Å². The van der Waals surface area contributed by atoms with Gasteiger partial charge in [0.25, 0.3) is 0 Å². The Hall–Kier alpha value is -0.770. The van der Waals surface area contributed by atoms with E-state index in [1.165, 1.54) is 0 Å². The number of hydrogen-bond donors (Lipinski definition) is 1. The van der Waals surface area contributed by atoms with E-state index in [1.807, 2.05) is 20.8 Å². The maximum atomic E-state index is 11.7. The molecular weight excluding hydrogens is 180 g/mol. The summed E-state index contributed by atoms with van der Waals surface area (Å²) >= 11 is 0. The number of nitrogens with two attached hydrogens (primary N) is 1. The van der Waals surface area contributed by atoms with Gasteiger partial charge in [-0.05, 0) is 33.1 Å². The molecule has 1 aliphatic carbocycles. The molecule has 3 rings (SSSR count). The predicted molar refractivity (Wildman–Crippen MR) is 52.8 cm³/mol. The molecule has 2 N–H and O–H groups in total. The average molecular weight is 198 g/mol. The van der Waals surface area contributed by atoms with Gasteiger partial charge in [0, 0.05) is 12.6 Å². The Kier molecular flexibility index (Phi) is 2.00. The molecule has 80 valence electrons. The van der Waals surface area contributed by atoms with Gasteiger partial charge < -0.3 is 15.4 Å². The second-order valence-corrected chi connectivity index (χ2v) is 5.27. The van der Waals surface area contributed by atoms with Crippen LogP contribution in [0.15, 0.2) is 0 Å². The number of carbonyl (C=O) groups is 1. The standard InChI is InChI=1S/C10H18N2O2/c1-10(2,3)14-9(13)12-5-6-4-7(12)8(6)11/h6-8H,4-5,11H2,1-3H3/t6-,7-,8?/m1/s1. The summed E-state index contributed by atoms with van der Waals surface area (Å²) in [4.78, 5) is 13.5. The van der Waals surface area contributed by atoms with Crippen molar-refractivity contribution < 1.29 is 9.53 Å². The zero-order valence-electron chi connectivity index (χ0n) is 8.99.